The van der Waals surface area contributed by atoms with Gasteiger partial charge in [-0.05, 0) is 92.8 Å². The number of carbonyl (C=O) groups is 1. The van der Waals surface area contributed by atoms with Crippen molar-refractivity contribution in [3.05, 3.63) is 131 Å². The van der Waals surface area contributed by atoms with Crippen LogP contribution in [0.25, 0.3) is 5.57 Å². The second kappa shape index (κ2) is 16.1. The van der Waals surface area contributed by atoms with E-state index in [4.69, 9.17) is 9.78 Å². The van der Waals surface area contributed by atoms with E-state index < -0.39 is 37.4 Å². The van der Waals surface area contributed by atoms with Crippen LogP contribution in [0.5, 0.6) is 0 Å². The highest BCUT2D eigenvalue weighted by atomic mass is 32.2. The molecular formula is C43H49N2O10S2+. The molecule has 3 aliphatic heterocycles. The van der Waals surface area contributed by atoms with Gasteiger partial charge in [0.15, 0.2) is 17.2 Å². The Hall–Kier alpha value is -5.02. The van der Waals surface area contributed by atoms with E-state index in [9.17, 15) is 35.8 Å². The molecule has 14 heteroatoms. The fourth-order valence-electron chi connectivity index (χ4n) is 7.90. The Labute approximate surface area is 334 Å². The Morgan fingerprint density at radius 3 is 2.21 bits per heavy atom. The van der Waals surface area contributed by atoms with Gasteiger partial charge in [-0.2, -0.15) is 21.4 Å². The minimum atomic E-state index is -4.50. The highest BCUT2D eigenvalue weighted by Gasteiger charge is 2.44. The summed E-state index contributed by atoms with van der Waals surface area (Å²) in [5.41, 5.74) is 5.75. The maximum atomic E-state index is 12.1. The van der Waals surface area contributed by atoms with Gasteiger partial charge < -0.3 is 10.0 Å². The number of aromatic carboxylic acids is 1. The van der Waals surface area contributed by atoms with E-state index in [1.807, 2.05) is 37.0 Å². The van der Waals surface area contributed by atoms with Crippen LogP contribution < -0.4 is 4.90 Å². The average molecular weight is 818 g/mol. The summed E-state index contributed by atoms with van der Waals surface area (Å²) in [6.45, 7) is 11.6. The number of carboxylic acids is 1. The molecule has 3 N–H and O–H groups in total. The second-order valence-corrected chi connectivity index (χ2v) is 18.5. The molecule has 0 aromatic heterocycles. The Balaban J connectivity index is 1.45. The smallest absolute Gasteiger partial charge is 0.335 e. The maximum Gasteiger partial charge on any atom is 0.335 e. The summed E-state index contributed by atoms with van der Waals surface area (Å²) in [4.78, 5) is 25.3. The average Bonchev–Trinajstić information content (AvgIpc) is 3.72. The van der Waals surface area contributed by atoms with Crippen LogP contribution in [0.4, 0.5) is 11.4 Å². The summed E-state index contributed by atoms with van der Waals surface area (Å²) in [6, 6.07) is 19.2. The number of hydrogen-bond acceptors (Lipinski definition) is 8. The lowest BCUT2D eigenvalue weighted by atomic mass is 9.81. The molecule has 3 aliphatic rings. The molecule has 0 aliphatic carbocycles. The predicted octanol–water partition coefficient (Wildman–Crippen LogP) is 8.36. The minimum Gasteiger partial charge on any atom is -0.478 e. The minimum absolute atomic E-state index is 0.118. The molecule has 0 amide bonds. The molecule has 3 aromatic carbocycles. The topological polar surface area (TPSA) is 171 Å². The van der Waals surface area contributed by atoms with Gasteiger partial charge in [-0.3, -0.25) is 18.9 Å². The third-order valence-electron chi connectivity index (χ3n) is 10.9. The van der Waals surface area contributed by atoms with Crippen molar-refractivity contribution in [3.63, 3.8) is 0 Å². The lowest BCUT2D eigenvalue weighted by Crippen LogP contribution is -2.28. The molecule has 0 bridgehead atoms. The quantitative estimate of drug-likeness (QED) is 0.0583. The lowest BCUT2D eigenvalue weighted by Gasteiger charge is -2.27. The summed E-state index contributed by atoms with van der Waals surface area (Å²) in [7, 11) is -8.66. The Morgan fingerprint density at radius 1 is 0.825 bits per heavy atom. The fourth-order valence-corrected chi connectivity index (χ4v) is 8.98. The third-order valence-corrected chi connectivity index (χ3v) is 12.6. The standard InChI is InChI=1S/C43H48N2O10S2/c1-6-7-10-25-44-34-14-9-8-13-32(34)42(2,3)38(44)23-21-36-40(29-15-17-30(18-16-29)41(46)47)37(55-54-36)22-24-39-43(4,5)33-28-31(57(51,52)53)19-20-35(33)45(39)26-11-12-27-56(48,49)50/h8-9,13-24,28H,6-7,10-12,25-27H2,1-5H3,(H2-,46,47,48,49,50,51,52,53)/p+1. The molecule has 0 unspecified atom stereocenters. The summed E-state index contributed by atoms with van der Waals surface area (Å²) in [5, 5.41) is 9.62. The number of unbranched alkanes of at least 4 members (excludes halogenated alkanes) is 3. The number of nitrogens with zero attached hydrogens (tertiary/aromatic N) is 2. The van der Waals surface area contributed by atoms with E-state index in [0.29, 0.717) is 46.9 Å². The number of para-hydroxylation sites is 1. The second-order valence-electron chi connectivity index (χ2n) is 15.5. The van der Waals surface area contributed by atoms with Gasteiger partial charge in [0.25, 0.3) is 20.2 Å². The molecular weight excluding hydrogens is 769 g/mol. The molecule has 302 valence electrons. The molecule has 0 saturated carbocycles. The Kier molecular flexibility index (Phi) is 11.7. The van der Waals surface area contributed by atoms with Crippen molar-refractivity contribution in [1.82, 2.24) is 0 Å². The zero-order chi connectivity index (χ0) is 41.3. The summed E-state index contributed by atoms with van der Waals surface area (Å²) in [6.07, 6.45) is 11.3. The third kappa shape index (κ3) is 8.64. The SMILES string of the molecule is CCCCC[N+]1=C(/C=C/C2=C(c3ccc(C(=O)O)cc3)C(=C/C=C3/N(CCCCS(=O)(=O)O)c4ccc(S(=O)(=O)O)cc4C3(C)C)/OO2)C(C)(C)c2ccccc21. The van der Waals surface area contributed by atoms with Crippen LogP contribution >= 0.6 is 0 Å². The molecule has 0 spiro atoms. The molecule has 0 atom stereocenters. The molecule has 0 radical (unpaired) electrons. The maximum absolute atomic E-state index is 12.1. The molecule has 0 saturated heterocycles. The van der Waals surface area contributed by atoms with Crippen LogP contribution in [0.2, 0.25) is 0 Å². The van der Waals surface area contributed by atoms with E-state index in [1.54, 1.807) is 24.3 Å². The number of allylic oxidation sites excluding steroid dienone is 6. The molecule has 3 heterocycles. The fraction of sp³-hybridized carbons (Fsp3) is 0.349. The highest BCUT2D eigenvalue weighted by molar-refractivity contribution is 7.86. The summed E-state index contributed by atoms with van der Waals surface area (Å²) >= 11 is 0. The first-order valence-electron chi connectivity index (χ1n) is 19.0. The van der Waals surface area contributed by atoms with E-state index in [0.717, 1.165) is 37.2 Å². The van der Waals surface area contributed by atoms with Crippen LogP contribution in [0.15, 0.2) is 113 Å². The van der Waals surface area contributed by atoms with Gasteiger partial charge in [0, 0.05) is 47.5 Å². The molecule has 0 fully saturated rings. The zero-order valence-corrected chi connectivity index (χ0v) is 34.4. The predicted molar refractivity (Wildman–Crippen MR) is 219 cm³/mol. The van der Waals surface area contributed by atoms with Gasteiger partial charge in [0.1, 0.15) is 6.54 Å². The zero-order valence-electron chi connectivity index (χ0n) is 32.7. The number of benzene rings is 3. The largest absolute Gasteiger partial charge is 0.478 e. The van der Waals surface area contributed by atoms with Crippen LogP contribution in [-0.2, 0) is 40.8 Å². The first-order chi connectivity index (χ1) is 26.8. The Morgan fingerprint density at radius 2 is 1.54 bits per heavy atom. The van der Waals surface area contributed by atoms with E-state index in [2.05, 4.69) is 49.6 Å². The van der Waals surface area contributed by atoms with Crippen molar-refractivity contribution in [2.45, 2.75) is 82.4 Å². The van der Waals surface area contributed by atoms with E-state index in [-0.39, 0.29) is 22.3 Å². The number of hydrogen-bond donors (Lipinski definition) is 3. The van der Waals surface area contributed by atoms with Gasteiger partial charge in [0.2, 0.25) is 5.69 Å². The molecule has 3 aromatic rings. The van der Waals surface area contributed by atoms with Gasteiger partial charge in [-0.15, -0.1) is 0 Å². The van der Waals surface area contributed by atoms with Crippen molar-refractivity contribution >= 4 is 48.9 Å². The van der Waals surface area contributed by atoms with Crippen molar-refractivity contribution in [3.8, 4) is 0 Å². The molecule has 12 nitrogen and oxygen atoms in total. The number of rotatable bonds is 15. The van der Waals surface area contributed by atoms with Crippen molar-refractivity contribution in [1.29, 1.82) is 0 Å². The monoisotopic (exact) mass is 817 g/mol. The summed E-state index contributed by atoms with van der Waals surface area (Å²) in [5.74, 6) is -0.726. The van der Waals surface area contributed by atoms with Crippen LogP contribution in [0.1, 0.15) is 93.8 Å². The van der Waals surface area contributed by atoms with Gasteiger partial charge in [-0.1, -0.05) is 57.5 Å². The highest BCUT2D eigenvalue weighted by Crippen LogP contribution is 2.49. The first-order valence-corrected chi connectivity index (χ1v) is 22.0. The number of anilines is 1. The van der Waals surface area contributed by atoms with E-state index >= 15 is 0 Å². The molecule has 57 heavy (non-hydrogen) atoms. The normalized spacial score (nSPS) is 18.8. The van der Waals surface area contributed by atoms with Crippen LogP contribution in [0.3, 0.4) is 0 Å². The van der Waals surface area contributed by atoms with E-state index in [1.165, 1.54) is 35.5 Å². The first kappa shape index (κ1) is 41.6. The number of fused-ring (bicyclic) bond motifs is 2. The summed E-state index contributed by atoms with van der Waals surface area (Å²) < 4.78 is 68.7. The molecule has 6 rings (SSSR count). The number of carboxylic acid groups (broad SMARTS) is 1. The Bertz CT molecular complexity index is 2460. The van der Waals surface area contributed by atoms with Gasteiger partial charge in [0.05, 0.1) is 27.2 Å². The van der Waals surface area contributed by atoms with Crippen molar-refractivity contribution in [2.75, 3.05) is 23.7 Å². The van der Waals surface area contributed by atoms with Gasteiger partial charge in [-0.25, -0.2) is 4.79 Å². The van der Waals surface area contributed by atoms with Crippen LogP contribution in [0, 0.1) is 0 Å². The van der Waals surface area contributed by atoms with Crippen molar-refractivity contribution in [2.24, 2.45) is 0 Å². The lowest BCUT2D eigenvalue weighted by molar-refractivity contribution is -0.438. The van der Waals surface area contributed by atoms with Gasteiger partial charge >= 0.3 is 5.97 Å². The van der Waals surface area contributed by atoms with Crippen LogP contribution in [-0.4, -0.2) is 66.1 Å². The van der Waals surface area contributed by atoms with Crippen molar-refractivity contribution < 1.29 is 50.2 Å².